The van der Waals surface area contributed by atoms with Crippen LogP contribution in [0.25, 0.3) is 11.0 Å². The van der Waals surface area contributed by atoms with E-state index in [9.17, 15) is 0 Å². The van der Waals surface area contributed by atoms with Gasteiger partial charge >= 0.3 is 0 Å². The minimum atomic E-state index is 0.522. The molecule has 0 bridgehead atoms. The van der Waals surface area contributed by atoms with Crippen LogP contribution in [0.2, 0.25) is 0 Å². The highest BCUT2D eigenvalue weighted by Crippen LogP contribution is 2.38. The molecule has 0 atom stereocenters. The van der Waals surface area contributed by atoms with Gasteiger partial charge in [-0.1, -0.05) is 11.8 Å². The van der Waals surface area contributed by atoms with Crippen molar-refractivity contribution in [3.05, 3.63) is 21.3 Å². The van der Waals surface area contributed by atoms with Gasteiger partial charge in [-0.25, -0.2) is 9.98 Å². The van der Waals surface area contributed by atoms with Crippen LogP contribution < -0.4 is 5.32 Å². The molecule has 1 aromatic carbocycles. The number of hydrogen-bond donors (Lipinski definition) is 2. The highest BCUT2D eigenvalue weighted by molar-refractivity contribution is 9.11. The first-order chi connectivity index (χ1) is 8.67. The lowest BCUT2D eigenvalue weighted by Gasteiger charge is -2.05. The summed E-state index contributed by atoms with van der Waals surface area (Å²) in [7, 11) is 0. The summed E-state index contributed by atoms with van der Waals surface area (Å²) in [5, 5.41) is 11.7. The third-order valence-corrected chi connectivity index (χ3v) is 4.09. The van der Waals surface area contributed by atoms with Crippen molar-refractivity contribution in [2.45, 2.75) is 0 Å². The Morgan fingerprint density at radius 2 is 2.39 bits per heavy atom. The number of nitriles is 1. The molecule has 0 aliphatic rings. The summed E-state index contributed by atoms with van der Waals surface area (Å²) in [6.45, 7) is 0. The van der Waals surface area contributed by atoms with Crippen molar-refractivity contribution in [2.75, 3.05) is 6.26 Å². The van der Waals surface area contributed by atoms with Crippen LogP contribution in [0.15, 0.2) is 26.3 Å². The highest BCUT2D eigenvalue weighted by atomic mass is 79.9. The van der Waals surface area contributed by atoms with Crippen molar-refractivity contribution in [3.63, 3.8) is 0 Å². The lowest BCUT2D eigenvalue weighted by molar-refractivity contribution is 1.27. The second-order valence-corrected chi connectivity index (χ2v) is 5.62. The Kier molecular flexibility index (Phi) is 4.27. The van der Waals surface area contributed by atoms with E-state index in [0.717, 1.165) is 20.0 Å². The number of imidazole rings is 1. The molecule has 0 spiro atoms. The number of aromatic amines is 1. The van der Waals surface area contributed by atoms with E-state index >= 15 is 0 Å². The molecule has 92 valence electrons. The van der Waals surface area contributed by atoms with E-state index in [0.29, 0.717) is 10.9 Å². The summed E-state index contributed by atoms with van der Waals surface area (Å²) >= 11 is 8.30. The molecule has 5 nitrogen and oxygen atoms in total. The van der Waals surface area contributed by atoms with E-state index in [1.807, 2.05) is 18.5 Å². The van der Waals surface area contributed by atoms with Crippen molar-refractivity contribution < 1.29 is 0 Å². The molecule has 0 saturated carbocycles. The van der Waals surface area contributed by atoms with Gasteiger partial charge in [0, 0.05) is 4.47 Å². The Morgan fingerprint density at radius 3 is 3.06 bits per heavy atom. The minimum Gasteiger partial charge on any atom is -0.345 e. The fraction of sp³-hybridized carbons (Fsp3) is 0.100. The van der Waals surface area contributed by atoms with Crippen LogP contribution in [0, 0.1) is 11.5 Å². The van der Waals surface area contributed by atoms with Crippen LogP contribution in [-0.4, -0.2) is 21.4 Å². The summed E-state index contributed by atoms with van der Waals surface area (Å²) < 4.78 is 1.59. The smallest absolute Gasteiger partial charge is 0.183 e. The van der Waals surface area contributed by atoms with Gasteiger partial charge in [0.15, 0.2) is 11.4 Å². The topological polar surface area (TPSA) is 76.9 Å². The van der Waals surface area contributed by atoms with E-state index in [4.69, 9.17) is 5.26 Å². The maximum atomic E-state index is 8.63. The first-order valence-electron chi connectivity index (χ1n) is 4.76. The number of hydrogen-bond acceptors (Lipinski definition) is 4. The SMILES string of the molecule is CSC(=Nc1c(Br)cc2[nH]cnc2c1Br)NC#N. The summed E-state index contributed by atoms with van der Waals surface area (Å²) in [6.07, 6.45) is 5.32. The number of nitrogens with zero attached hydrogens (tertiary/aromatic N) is 3. The summed E-state index contributed by atoms with van der Waals surface area (Å²) in [4.78, 5) is 11.6. The van der Waals surface area contributed by atoms with E-state index in [1.165, 1.54) is 11.8 Å². The van der Waals surface area contributed by atoms with Crippen LogP contribution in [0.1, 0.15) is 0 Å². The summed E-state index contributed by atoms with van der Waals surface area (Å²) in [5.41, 5.74) is 2.41. The minimum absolute atomic E-state index is 0.522. The van der Waals surface area contributed by atoms with Gasteiger partial charge in [-0.3, -0.25) is 5.32 Å². The number of rotatable bonds is 1. The van der Waals surface area contributed by atoms with E-state index in [-0.39, 0.29) is 0 Å². The summed E-state index contributed by atoms with van der Waals surface area (Å²) in [6, 6.07) is 1.90. The number of fused-ring (bicyclic) bond motifs is 1. The molecule has 1 aromatic heterocycles. The van der Waals surface area contributed by atoms with E-state index in [1.54, 1.807) is 6.33 Å². The Labute approximate surface area is 124 Å². The molecular formula is C10H7Br2N5S. The van der Waals surface area contributed by atoms with Crippen molar-refractivity contribution in [2.24, 2.45) is 4.99 Å². The molecule has 2 rings (SSSR count). The van der Waals surface area contributed by atoms with Gasteiger partial charge in [0.05, 0.1) is 22.0 Å². The maximum Gasteiger partial charge on any atom is 0.183 e. The van der Waals surface area contributed by atoms with Gasteiger partial charge in [-0.15, -0.1) is 0 Å². The lowest BCUT2D eigenvalue weighted by Crippen LogP contribution is -2.12. The van der Waals surface area contributed by atoms with Crippen molar-refractivity contribution >= 4 is 65.5 Å². The number of nitrogens with one attached hydrogen (secondary N) is 2. The number of aromatic nitrogens is 2. The van der Waals surface area contributed by atoms with Crippen molar-refractivity contribution in [1.29, 1.82) is 5.26 Å². The molecule has 0 saturated heterocycles. The number of amidine groups is 1. The Morgan fingerprint density at radius 1 is 1.61 bits per heavy atom. The second-order valence-electron chi connectivity index (χ2n) is 3.18. The third kappa shape index (κ3) is 2.53. The largest absolute Gasteiger partial charge is 0.345 e. The molecule has 0 aliphatic carbocycles. The van der Waals surface area contributed by atoms with Gasteiger partial charge < -0.3 is 4.98 Å². The summed E-state index contributed by atoms with van der Waals surface area (Å²) in [5.74, 6) is 0. The zero-order valence-electron chi connectivity index (χ0n) is 9.16. The number of halogens is 2. The third-order valence-electron chi connectivity index (χ3n) is 2.15. The molecule has 2 aromatic rings. The van der Waals surface area contributed by atoms with Crippen LogP contribution in [0.3, 0.4) is 0 Å². The molecule has 8 heteroatoms. The molecule has 0 amide bonds. The predicted molar refractivity (Wildman–Crippen MR) is 80.9 cm³/mol. The van der Waals surface area contributed by atoms with E-state index < -0.39 is 0 Å². The molecule has 0 aliphatic heterocycles. The van der Waals surface area contributed by atoms with Crippen LogP contribution in [-0.2, 0) is 0 Å². The van der Waals surface area contributed by atoms with Gasteiger partial charge in [-0.2, -0.15) is 5.26 Å². The zero-order chi connectivity index (χ0) is 13.1. The molecular weight excluding hydrogens is 382 g/mol. The number of thioether (sulfide) groups is 1. The van der Waals surface area contributed by atoms with Gasteiger partial charge in [0.2, 0.25) is 0 Å². The molecule has 0 radical (unpaired) electrons. The first-order valence-corrected chi connectivity index (χ1v) is 7.57. The average molecular weight is 389 g/mol. The lowest BCUT2D eigenvalue weighted by atomic mass is 10.3. The van der Waals surface area contributed by atoms with Crippen molar-refractivity contribution in [1.82, 2.24) is 15.3 Å². The Bertz CT molecular complexity index is 658. The monoisotopic (exact) mass is 387 g/mol. The molecule has 0 fully saturated rings. The first kappa shape index (κ1) is 13.4. The zero-order valence-corrected chi connectivity index (χ0v) is 13.1. The average Bonchev–Trinajstić information content (AvgIpc) is 2.81. The molecule has 18 heavy (non-hydrogen) atoms. The number of H-pyrrole nitrogens is 1. The van der Waals surface area contributed by atoms with Crippen LogP contribution in [0.5, 0.6) is 0 Å². The van der Waals surface area contributed by atoms with Gasteiger partial charge in [0.1, 0.15) is 5.52 Å². The maximum absolute atomic E-state index is 8.63. The predicted octanol–water partition coefficient (Wildman–Crippen LogP) is 3.51. The normalized spacial score (nSPS) is 11.6. The number of aliphatic imine (C=N–C) groups is 1. The highest BCUT2D eigenvalue weighted by Gasteiger charge is 2.12. The Hall–Kier alpha value is -1.04. The van der Waals surface area contributed by atoms with Crippen LogP contribution >= 0.6 is 43.6 Å². The van der Waals surface area contributed by atoms with Crippen LogP contribution in [0.4, 0.5) is 5.69 Å². The molecule has 0 unspecified atom stereocenters. The standard InChI is InChI=1S/C10H7Br2N5S/c1-18-10(14-3-13)17-8-5(11)2-6-9(7(8)12)16-4-15-6/h2,4H,1H3,(H,14,17)(H,15,16). The van der Waals surface area contributed by atoms with Crippen molar-refractivity contribution in [3.8, 4) is 6.19 Å². The van der Waals surface area contributed by atoms with Gasteiger partial charge in [0.25, 0.3) is 0 Å². The fourth-order valence-corrected chi connectivity index (χ4v) is 3.11. The molecule has 2 N–H and O–H groups in total. The van der Waals surface area contributed by atoms with Gasteiger partial charge in [-0.05, 0) is 44.2 Å². The Balaban J connectivity index is 2.60. The second kappa shape index (κ2) is 5.73. The fourth-order valence-electron chi connectivity index (χ4n) is 1.38. The quantitative estimate of drug-likeness (QED) is 0.339. The number of benzene rings is 1. The molecule has 1 heterocycles. The van der Waals surface area contributed by atoms with E-state index in [2.05, 4.69) is 52.1 Å².